The zero-order valence-corrected chi connectivity index (χ0v) is 12.7. The van der Waals surface area contributed by atoms with E-state index in [1.54, 1.807) is 11.3 Å². The number of aryl methyl sites for hydroxylation is 1. The van der Waals surface area contributed by atoms with Gasteiger partial charge in [0.15, 0.2) is 0 Å². The van der Waals surface area contributed by atoms with Crippen LogP contribution in [0.4, 0.5) is 0 Å². The maximum absolute atomic E-state index is 5.36. The number of rotatable bonds is 4. The molecule has 0 bridgehead atoms. The number of aromatic nitrogens is 1. The van der Waals surface area contributed by atoms with E-state index < -0.39 is 0 Å². The van der Waals surface area contributed by atoms with E-state index in [-0.39, 0.29) is 0 Å². The molecule has 0 amide bonds. The van der Waals surface area contributed by atoms with E-state index in [0.717, 1.165) is 29.4 Å². The van der Waals surface area contributed by atoms with Crippen molar-refractivity contribution in [1.82, 2.24) is 9.88 Å². The standard InChI is InChI=1S/C16H19N3S/c1-13-18-16(12-20-13)11-19(2)10-15-7-5-14(6-8-15)4-3-9-17/h5-8,12H,9-11,17H2,1-2H3. The summed E-state index contributed by atoms with van der Waals surface area (Å²) < 4.78 is 0. The van der Waals surface area contributed by atoms with Crippen LogP contribution in [0.25, 0.3) is 0 Å². The minimum atomic E-state index is 0.400. The second kappa shape index (κ2) is 7.20. The highest BCUT2D eigenvalue weighted by atomic mass is 32.1. The summed E-state index contributed by atoms with van der Waals surface area (Å²) in [5, 5.41) is 3.24. The second-order valence-corrected chi connectivity index (χ2v) is 5.80. The van der Waals surface area contributed by atoms with Crippen LogP contribution in [-0.2, 0) is 13.1 Å². The Hall–Kier alpha value is -1.67. The molecule has 0 unspecified atom stereocenters. The maximum Gasteiger partial charge on any atom is 0.0897 e. The first-order valence-corrected chi connectivity index (χ1v) is 7.43. The van der Waals surface area contributed by atoms with Crippen LogP contribution in [0.5, 0.6) is 0 Å². The highest BCUT2D eigenvalue weighted by molar-refractivity contribution is 7.09. The summed E-state index contributed by atoms with van der Waals surface area (Å²) >= 11 is 1.70. The Morgan fingerprint density at radius 3 is 2.60 bits per heavy atom. The molecule has 1 heterocycles. The maximum atomic E-state index is 5.36. The fourth-order valence-electron chi connectivity index (χ4n) is 1.97. The lowest BCUT2D eigenvalue weighted by molar-refractivity contribution is 0.315. The summed E-state index contributed by atoms with van der Waals surface area (Å²) in [6.07, 6.45) is 0. The van der Waals surface area contributed by atoms with Crippen LogP contribution in [0, 0.1) is 18.8 Å². The normalized spacial score (nSPS) is 10.4. The van der Waals surface area contributed by atoms with E-state index in [2.05, 4.69) is 46.3 Å². The fraction of sp³-hybridized carbons (Fsp3) is 0.312. The Balaban J connectivity index is 1.92. The van der Waals surface area contributed by atoms with Gasteiger partial charge in [0.25, 0.3) is 0 Å². The third kappa shape index (κ3) is 4.46. The summed E-state index contributed by atoms with van der Waals surface area (Å²) in [5.74, 6) is 5.89. The average Bonchev–Trinajstić information content (AvgIpc) is 2.83. The van der Waals surface area contributed by atoms with Crippen molar-refractivity contribution in [3.8, 4) is 11.8 Å². The summed E-state index contributed by atoms with van der Waals surface area (Å²) in [7, 11) is 2.11. The average molecular weight is 285 g/mol. The number of hydrogen-bond donors (Lipinski definition) is 1. The van der Waals surface area contributed by atoms with Gasteiger partial charge in [-0.1, -0.05) is 24.0 Å². The van der Waals surface area contributed by atoms with Gasteiger partial charge in [-0.15, -0.1) is 11.3 Å². The Kier molecular flexibility index (Phi) is 5.31. The quantitative estimate of drug-likeness (QED) is 0.877. The topological polar surface area (TPSA) is 42.2 Å². The third-order valence-corrected chi connectivity index (χ3v) is 3.66. The van der Waals surface area contributed by atoms with E-state index in [1.807, 2.05) is 19.1 Å². The largest absolute Gasteiger partial charge is 0.320 e. The molecule has 0 radical (unpaired) electrons. The van der Waals surface area contributed by atoms with Crippen molar-refractivity contribution in [3.63, 3.8) is 0 Å². The minimum Gasteiger partial charge on any atom is -0.320 e. The molecule has 0 aliphatic rings. The van der Waals surface area contributed by atoms with Crippen molar-refractivity contribution in [2.24, 2.45) is 5.73 Å². The summed E-state index contributed by atoms with van der Waals surface area (Å²) in [4.78, 5) is 6.75. The van der Waals surface area contributed by atoms with E-state index in [1.165, 1.54) is 5.56 Å². The number of nitrogens with two attached hydrogens (primary N) is 1. The first-order valence-electron chi connectivity index (χ1n) is 6.55. The van der Waals surface area contributed by atoms with Gasteiger partial charge in [0, 0.05) is 24.0 Å². The molecule has 3 nitrogen and oxygen atoms in total. The molecule has 1 aromatic carbocycles. The molecule has 0 saturated heterocycles. The van der Waals surface area contributed by atoms with E-state index in [9.17, 15) is 0 Å². The Morgan fingerprint density at radius 1 is 1.25 bits per heavy atom. The van der Waals surface area contributed by atoms with Gasteiger partial charge < -0.3 is 5.73 Å². The molecule has 0 spiro atoms. The highest BCUT2D eigenvalue weighted by Crippen LogP contribution is 2.12. The van der Waals surface area contributed by atoms with Crippen molar-refractivity contribution in [2.75, 3.05) is 13.6 Å². The number of hydrogen-bond acceptors (Lipinski definition) is 4. The fourth-order valence-corrected chi connectivity index (χ4v) is 2.58. The zero-order valence-electron chi connectivity index (χ0n) is 11.9. The van der Waals surface area contributed by atoms with E-state index in [0.29, 0.717) is 6.54 Å². The third-order valence-electron chi connectivity index (χ3n) is 2.84. The molecule has 104 valence electrons. The summed E-state index contributed by atoms with van der Waals surface area (Å²) in [6, 6.07) is 8.31. The van der Waals surface area contributed by atoms with E-state index >= 15 is 0 Å². The molecular formula is C16H19N3S. The van der Waals surface area contributed by atoms with Gasteiger partial charge in [-0.2, -0.15) is 0 Å². The minimum absolute atomic E-state index is 0.400. The van der Waals surface area contributed by atoms with Gasteiger partial charge in [0.2, 0.25) is 0 Å². The van der Waals surface area contributed by atoms with Crippen LogP contribution >= 0.6 is 11.3 Å². The molecule has 4 heteroatoms. The van der Waals surface area contributed by atoms with Crippen LogP contribution in [0.1, 0.15) is 21.8 Å². The lowest BCUT2D eigenvalue weighted by atomic mass is 10.1. The number of benzene rings is 1. The Morgan fingerprint density at radius 2 is 2.00 bits per heavy atom. The molecule has 0 atom stereocenters. The molecule has 20 heavy (non-hydrogen) atoms. The van der Waals surface area contributed by atoms with Crippen LogP contribution in [0.3, 0.4) is 0 Å². The second-order valence-electron chi connectivity index (χ2n) is 4.73. The van der Waals surface area contributed by atoms with Gasteiger partial charge in [0.1, 0.15) is 0 Å². The highest BCUT2D eigenvalue weighted by Gasteiger charge is 2.04. The molecular weight excluding hydrogens is 266 g/mol. The van der Waals surface area contributed by atoms with E-state index in [4.69, 9.17) is 5.73 Å². The van der Waals surface area contributed by atoms with Gasteiger partial charge in [-0.25, -0.2) is 4.98 Å². The molecule has 0 saturated carbocycles. The van der Waals surface area contributed by atoms with Crippen molar-refractivity contribution in [3.05, 3.63) is 51.5 Å². The summed E-state index contributed by atoms with van der Waals surface area (Å²) in [6.45, 7) is 4.22. The summed E-state index contributed by atoms with van der Waals surface area (Å²) in [5.41, 5.74) is 8.79. The molecule has 2 rings (SSSR count). The molecule has 0 fully saturated rings. The van der Waals surface area contributed by atoms with Crippen molar-refractivity contribution in [2.45, 2.75) is 20.0 Å². The predicted molar refractivity (Wildman–Crippen MR) is 84.4 cm³/mol. The zero-order chi connectivity index (χ0) is 14.4. The van der Waals surface area contributed by atoms with Gasteiger partial charge in [-0.05, 0) is 31.7 Å². The van der Waals surface area contributed by atoms with Crippen molar-refractivity contribution in [1.29, 1.82) is 0 Å². The Labute approximate surface area is 124 Å². The van der Waals surface area contributed by atoms with Crippen LogP contribution in [-0.4, -0.2) is 23.5 Å². The van der Waals surface area contributed by atoms with Crippen molar-refractivity contribution < 1.29 is 0 Å². The number of nitrogens with zero attached hydrogens (tertiary/aromatic N) is 2. The van der Waals surface area contributed by atoms with Crippen LogP contribution in [0.2, 0.25) is 0 Å². The molecule has 0 aliphatic carbocycles. The molecule has 2 N–H and O–H groups in total. The van der Waals surface area contributed by atoms with Crippen LogP contribution in [0.15, 0.2) is 29.6 Å². The predicted octanol–water partition coefficient (Wildman–Crippen LogP) is 2.39. The molecule has 1 aromatic heterocycles. The lowest BCUT2D eigenvalue weighted by Crippen LogP contribution is -2.17. The first-order chi connectivity index (χ1) is 9.67. The lowest BCUT2D eigenvalue weighted by Gasteiger charge is -2.15. The van der Waals surface area contributed by atoms with Crippen LogP contribution < -0.4 is 5.73 Å². The Bertz CT molecular complexity index is 605. The molecule has 0 aliphatic heterocycles. The number of thiazole rings is 1. The van der Waals surface area contributed by atoms with Gasteiger partial charge in [0.05, 0.1) is 17.2 Å². The molecule has 2 aromatic rings. The monoisotopic (exact) mass is 285 g/mol. The first kappa shape index (κ1) is 14.7. The smallest absolute Gasteiger partial charge is 0.0897 e. The van der Waals surface area contributed by atoms with Crippen molar-refractivity contribution >= 4 is 11.3 Å². The SMILES string of the molecule is Cc1nc(CN(C)Cc2ccc(C#CCN)cc2)cs1. The van der Waals surface area contributed by atoms with Gasteiger partial charge in [-0.3, -0.25) is 4.90 Å². The van der Waals surface area contributed by atoms with Gasteiger partial charge >= 0.3 is 0 Å².